The molecule has 0 aliphatic heterocycles. The Kier molecular flexibility index (Phi) is 5.80. The van der Waals surface area contributed by atoms with Gasteiger partial charge in [-0.15, -0.1) is 0 Å². The highest BCUT2D eigenvalue weighted by molar-refractivity contribution is 9.10. The number of benzene rings is 2. The van der Waals surface area contributed by atoms with Crippen molar-refractivity contribution < 1.29 is 24.2 Å². The van der Waals surface area contributed by atoms with Crippen molar-refractivity contribution in [3.8, 4) is 5.75 Å². The number of fused-ring (bicyclic) bond motifs is 1. The quantitative estimate of drug-likeness (QED) is 0.752. The molecule has 7 heteroatoms. The SMILES string of the molecule is COCC(C)(NC(=O)COc1ccc2cc(Br)ccc2c1)C(=O)O. The molecule has 0 fully saturated rings. The predicted octanol–water partition coefficient (Wildman–Crippen LogP) is 2.59. The number of rotatable bonds is 7. The molecule has 2 rings (SSSR count). The van der Waals surface area contributed by atoms with E-state index in [1.54, 1.807) is 6.07 Å². The Hall–Kier alpha value is -2.12. The Morgan fingerprint density at radius 1 is 1.21 bits per heavy atom. The molecule has 0 aliphatic rings. The van der Waals surface area contributed by atoms with E-state index in [0.29, 0.717) is 5.75 Å². The number of amides is 1. The summed E-state index contributed by atoms with van der Waals surface area (Å²) in [5, 5.41) is 13.6. The smallest absolute Gasteiger partial charge is 0.331 e. The molecule has 0 spiro atoms. The minimum Gasteiger partial charge on any atom is -0.484 e. The summed E-state index contributed by atoms with van der Waals surface area (Å²) < 4.78 is 11.3. The molecule has 1 atom stereocenters. The molecule has 0 bridgehead atoms. The highest BCUT2D eigenvalue weighted by atomic mass is 79.9. The third-order valence-electron chi connectivity index (χ3n) is 3.46. The van der Waals surface area contributed by atoms with E-state index < -0.39 is 17.4 Å². The summed E-state index contributed by atoms with van der Waals surface area (Å²) in [5.41, 5.74) is -1.50. The lowest BCUT2D eigenvalue weighted by Gasteiger charge is -2.25. The van der Waals surface area contributed by atoms with Crippen LogP contribution in [-0.2, 0) is 14.3 Å². The van der Waals surface area contributed by atoms with E-state index >= 15 is 0 Å². The average molecular weight is 396 g/mol. The van der Waals surface area contributed by atoms with Crippen molar-refractivity contribution >= 4 is 38.6 Å². The van der Waals surface area contributed by atoms with E-state index in [1.165, 1.54) is 14.0 Å². The first-order valence-corrected chi connectivity index (χ1v) is 7.99. The van der Waals surface area contributed by atoms with Gasteiger partial charge in [0.15, 0.2) is 12.1 Å². The third kappa shape index (κ3) is 4.46. The maximum atomic E-state index is 12.0. The Bertz CT molecular complexity index is 764. The lowest BCUT2D eigenvalue weighted by atomic mass is 10.0. The molecular formula is C17H18BrNO5. The molecule has 0 aliphatic carbocycles. The summed E-state index contributed by atoms with van der Waals surface area (Å²) >= 11 is 3.41. The van der Waals surface area contributed by atoms with Crippen LogP contribution in [0.1, 0.15) is 6.92 Å². The van der Waals surface area contributed by atoms with E-state index in [4.69, 9.17) is 9.47 Å². The minimum absolute atomic E-state index is 0.140. The van der Waals surface area contributed by atoms with Gasteiger partial charge in [-0.2, -0.15) is 0 Å². The van der Waals surface area contributed by atoms with Crippen LogP contribution in [0.2, 0.25) is 0 Å². The zero-order valence-corrected chi connectivity index (χ0v) is 14.9. The van der Waals surface area contributed by atoms with Crippen molar-refractivity contribution in [3.05, 3.63) is 40.9 Å². The van der Waals surface area contributed by atoms with Crippen LogP contribution in [0.25, 0.3) is 10.8 Å². The summed E-state index contributed by atoms with van der Waals surface area (Å²) in [7, 11) is 1.37. The maximum Gasteiger partial charge on any atom is 0.331 e. The second-order valence-electron chi connectivity index (χ2n) is 5.56. The second kappa shape index (κ2) is 7.63. The molecule has 1 amide bonds. The molecule has 1 unspecified atom stereocenters. The molecular weight excluding hydrogens is 378 g/mol. The Morgan fingerprint density at radius 3 is 2.54 bits per heavy atom. The molecule has 128 valence electrons. The van der Waals surface area contributed by atoms with Crippen LogP contribution in [0.15, 0.2) is 40.9 Å². The van der Waals surface area contributed by atoms with Crippen molar-refractivity contribution in [2.75, 3.05) is 20.3 Å². The number of halogens is 1. The van der Waals surface area contributed by atoms with E-state index in [-0.39, 0.29) is 13.2 Å². The van der Waals surface area contributed by atoms with Gasteiger partial charge < -0.3 is 19.9 Å². The van der Waals surface area contributed by atoms with Crippen LogP contribution >= 0.6 is 15.9 Å². The van der Waals surface area contributed by atoms with Crippen molar-refractivity contribution in [3.63, 3.8) is 0 Å². The number of carboxylic acids is 1. The number of ether oxygens (including phenoxy) is 2. The first-order chi connectivity index (χ1) is 11.3. The summed E-state index contributed by atoms with van der Waals surface area (Å²) in [4.78, 5) is 23.2. The summed E-state index contributed by atoms with van der Waals surface area (Å²) in [5.74, 6) is -1.18. The van der Waals surface area contributed by atoms with Gasteiger partial charge in [0.05, 0.1) is 6.61 Å². The molecule has 0 heterocycles. The van der Waals surface area contributed by atoms with Crippen LogP contribution in [0, 0.1) is 0 Å². The van der Waals surface area contributed by atoms with Crippen LogP contribution < -0.4 is 10.1 Å². The second-order valence-corrected chi connectivity index (χ2v) is 6.48. The van der Waals surface area contributed by atoms with Crippen molar-refractivity contribution in [1.29, 1.82) is 0 Å². The van der Waals surface area contributed by atoms with Gasteiger partial charge in [0.2, 0.25) is 0 Å². The highest BCUT2D eigenvalue weighted by Crippen LogP contribution is 2.24. The van der Waals surface area contributed by atoms with Gasteiger partial charge in [-0.25, -0.2) is 4.79 Å². The minimum atomic E-state index is -1.50. The fraction of sp³-hybridized carbons (Fsp3) is 0.294. The van der Waals surface area contributed by atoms with Gasteiger partial charge in [-0.1, -0.05) is 28.1 Å². The number of hydrogen-bond donors (Lipinski definition) is 2. The first-order valence-electron chi connectivity index (χ1n) is 7.19. The number of carbonyl (C=O) groups is 2. The number of carboxylic acid groups (broad SMARTS) is 1. The van der Waals surface area contributed by atoms with Crippen LogP contribution in [-0.4, -0.2) is 42.8 Å². The summed E-state index contributed by atoms with van der Waals surface area (Å²) in [6, 6.07) is 11.3. The lowest BCUT2D eigenvalue weighted by molar-refractivity contribution is -0.149. The molecule has 2 N–H and O–H groups in total. The fourth-order valence-electron chi connectivity index (χ4n) is 2.22. The van der Waals surface area contributed by atoms with Crippen molar-refractivity contribution in [1.82, 2.24) is 5.32 Å². The molecule has 0 radical (unpaired) electrons. The fourth-order valence-corrected chi connectivity index (χ4v) is 2.60. The largest absolute Gasteiger partial charge is 0.484 e. The number of aliphatic carboxylic acids is 1. The van der Waals surface area contributed by atoms with E-state index in [9.17, 15) is 14.7 Å². The number of carbonyl (C=O) groups excluding carboxylic acids is 1. The molecule has 0 aromatic heterocycles. The normalized spacial score (nSPS) is 13.3. The highest BCUT2D eigenvalue weighted by Gasteiger charge is 2.35. The van der Waals surface area contributed by atoms with Crippen molar-refractivity contribution in [2.24, 2.45) is 0 Å². The van der Waals surface area contributed by atoms with Crippen molar-refractivity contribution in [2.45, 2.75) is 12.5 Å². The van der Waals surface area contributed by atoms with Gasteiger partial charge in [0.25, 0.3) is 5.91 Å². The van der Waals surface area contributed by atoms with E-state index in [2.05, 4.69) is 21.2 Å². The zero-order chi connectivity index (χ0) is 17.7. The maximum absolute atomic E-state index is 12.0. The Balaban J connectivity index is 2.01. The number of nitrogens with one attached hydrogen (secondary N) is 1. The van der Waals surface area contributed by atoms with Gasteiger partial charge in [0.1, 0.15) is 5.75 Å². The topological polar surface area (TPSA) is 84.9 Å². The predicted molar refractivity (Wildman–Crippen MR) is 93.2 cm³/mol. The molecule has 6 nitrogen and oxygen atoms in total. The summed E-state index contributed by atoms with van der Waals surface area (Å²) in [6.07, 6.45) is 0. The van der Waals surface area contributed by atoms with Gasteiger partial charge in [0, 0.05) is 11.6 Å². The number of hydrogen-bond acceptors (Lipinski definition) is 4. The van der Waals surface area contributed by atoms with E-state index in [0.717, 1.165) is 15.2 Å². The van der Waals surface area contributed by atoms with Gasteiger partial charge >= 0.3 is 5.97 Å². The molecule has 2 aromatic rings. The number of methoxy groups -OCH3 is 1. The van der Waals surface area contributed by atoms with Gasteiger partial charge in [-0.3, -0.25) is 4.79 Å². The first kappa shape index (κ1) is 18.2. The molecule has 2 aromatic carbocycles. The molecule has 0 saturated heterocycles. The molecule has 0 saturated carbocycles. The van der Waals surface area contributed by atoms with E-state index in [1.807, 2.05) is 30.3 Å². The van der Waals surface area contributed by atoms with Crippen LogP contribution in [0.5, 0.6) is 5.75 Å². The molecule has 24 heavy (non-hydrogen) atoms. The standard InChI is InChI=1S/C17H18BrNO5/c1-17(10-23-2,16(21)22)19-15(20)9-24-14-6-4-11-7-13(18)5-3-12(11)8-14/h3-8H,9-10H2,1-2H3,(H,19,20)(H,21,22). The third-order valence-corrected chi connectivity index (χ3v) is 3.96. The van der Waals surface area contributed by atoms with Crippen LogP contribution in [0.4, 0.5) is 0 Å². The lowest BCUT2D eigenvalue weighted by Crippen LogP contribution is -2.56. The summed E-state index contributed by atoms with van der Waals surface area (Å²) in [6.45, 7) is 0.957. The van der Waals surface area contributed by atoms with Gasteiger partial charge in [-0.05, 0) is 42.0 Å². The monoisotopic (exact) mass is 395 g/mol. The average Bonchev–Trinajstić information content (AvgIpc) is 2.53. The zero-order valence-electron chi connectivity index (χ0n) is 13.3. The van der Waals surface area contributed by atoms with Crippen LogP contribution in [0.3, 0.4) is 0 Å². The Morgan fingerprint density at radius 2 is 1.88 bits per heavy atom. The Labute approximate surface area is 147 Å².